The topological polar surface area (TPSA) is 40.5 Å². The van der Waals surface area contributed by atoms with Crippen LogP contribution in [0.1, 0.15) is 33.6 Å². The van der Waals surface area contributed by atoms with Gasteiger partial charge in [0.2, 0.25) is 0 Å². The lowest BCUT2D eigenvalue weighted by molar-refractivity contribution is 0.170. The quantitative estimate of drug-likeness (QED) is 0.608. The molecule has 0 aromatic heterocycles. The summed E-state index contributed by atoms with van der Waals surface area (Å²) in [4.78, 5) is 0. The van der Waals surface area contributed by atoms with Crippen molar-refractivity contribution in [1.82, 2.24) is 0 Å². The van der Waals surface area contributed by atoms with Gasteiger partial charge in [0.15, 0.2) is 0 Å². The van der Waals surface area contributed by atoms with E-state index in [1.807, 2.05) is 20.8 Å². The first-order valence-electron chi connectivity index (χ1n) is 4.06. The third-order valence-corrected chi connectivity index (χ3v) is 1.98. The average molecular weight is 158 g/mol. The molecule has 0 radical (unpaired) electrons. The van der Waals surface area contributed by atoms with Crippen molar-refractivity contribution in [2.75, 3.05) is 6.61 Å². The lowest BCUT2D eigenvalue weighted by Gasteiger charge is -2.09. The molecule has 0 aromatic rings. The first-order valence-corrected chi connectivity index (χ1v) is 4.06. The van der Waals surface area contributed by atoms with E-state index in [1.165, 1.54) is 0 Å². The molecule has 2 N–H and O–H groups in total. The first kappa shape index (κ1) is 10.7. The smallest absolute Gasteiger partial charge is 0.0641 e. The van der Waals surface area contributed by atoms with E-state index >= 15 is 0 Å². The van der Waals surface area contributed by atoms with Crippen molar-refractivity contribution >= 4 is 0 Å². The molecule has 0 aliphatic heterocycles. The molecule has 0 aliphatic carbocycles. The van der Waals surface area contributed by atoms with E-state index in [2.05, 4.69) is 0 Å². The molecule has 0 aliphatic rings. The van der Waals surface area contributed by atoms with Crippen LogP contribution in [-0.4, -0.2) is 22.9 Å². The first-order chi connectivity index (χ1) is 5.11. The fourth-order valence-corrected chi connectivity index (χ4v) is 0.807. The van der Waals surface area contributed by atoms with Gasteiger partial charge in [-0.05, 0) is 32.3 Å². The van der Waals surface area contributed by atoms with Crippen molar-refractivity contribution in [3.05, 3.63) is 11.1 Å². The Hall–Kier alpha value is -0.340. The minimum atomic E-state index is -0.253. The summed E-state index contributed by atoms with van der Waals surface area (Å²) in [6.07, 6.45) is 1.20. The number of hydrogen-bond donors (Lipinski definition) is 2. The molecule has 0 rings (SSSR count). The average Bonchev–Trinajstić information content (AvgIpc) is 2.02. The molecule has 0 heterocycles. The monoisotopic (exact) mass is 158 g/mol. The lowest BCUT2D eigenvalue weighted by atomic mass is 10.0. The fraction of sp³-hybridized carbons (Fsp3) is 0.778. The zero-order valence-electron chi connectivity index (χ0n) is 7.59. The predicted octanol–water partition coefficient (Wildman–Crippen LogP) is 1.48. The maximum atomic E-state index is 9.26. The van der Waals surface area contributed by atoms with Crippen LogP contribution in [0.25, 0.3) is 0 Å². The molecular weight excluding hydrogens is 140 g/mol. The highest BCUT2D eigenvalue weighted by atomic mass is 16.3. The Kier molecular flexibility index (Phi) is 5.16. The third-order valence-electron chi connectivity index (χ3n) is 1.98. The summed E-state index contributed by atoms with van der Waals surface area (Å²) in [7, 11) is 0. The van der Waals surface area contributed by atoms with Crippen molar-refractivity contribution in [3.8, 4) is 0 Å². The highest BCUT2D eigenvalue weighted by molar-refractivity contribution is 5.10. The van der Waals surface area contributed by atoms with Gasteiger partial charge in [-0.15, -0.1) is 0 Å². The highest BCUT2D eigenvalue weighted by Gasteiger charge is 2.03. The van der Waals surface area contributed by atoms with Gasteiger partial charge in [-0.1, -0.05) is 12.5 Å². The molecular formula is C9H18O2. The van der Waals surface area contributed by atoms with Crippen LogP contribution in [0, 0.1) is 0 Å². The second-order valence-corrected chi connectivity index (χ2v) is 2.98. The molecule has 0 saturated carbocycles. The maximum absolute atomic E-state index is 9.26. The second kappa shape index (κ2) is 5.33. The molecule has 0 spiro atoms. The maximum Gasteiger partial charge on any atom is 0.0641 e. The van der Waals surface area contributed by atoms with Gasteiger partial charge in [-0.25, -0.2) is 0 Å². The van der Waals surface area contributed by atoms with Crippen molar-refractivity contribution in [1.29, 1.82) is 0 Å². The van der Waals surface area contributed by atoms with E-state index in [0.29, 0.717) is 6.42 Å². The normalized spacial score (nSPS) is 16.1. The molecule has 66 valence electrons. The Labute approximate surface area is 68.6 Å². The van der Waals surface area contributed by atoms with Crippen LogP contribution in [0.5, 0.6) is 0 Å². The van der Waals surface area contributed by atoms with E-state index in [4.69, 9.17) is 5.11 Å². The Bertz CT molecular complexity index is 138. The summed E-state index contributed by atoms with van der Waals surface area (Å²) in [5.74, 6) is 0. The van der Waals surface area contributed by atoms with Gasteiger partial charge in [-0.2, -0.15) is 0 Å². The molecule has 0 aromatic carbocycles. The largest absolute Gasteiger partial charge is 0.393 e. The summed E-state index contributed by atoms with van der Waals surface area (Å²) in [6, 6.07) is 0. The Morgan fingerprint density at radius 1 is 1.27 bits per heavy atom. The van der Waals surface area contributed by atoms with Gasteiger partial charge in [-0.3, -0.25) is 0 Å². The van der Waals surface area contributed by atoms with E-state index in [0.717, 1.165) is 17.6 Å². The number of rotatable bonds is 4. The van der Waals surface area contributed by atoms with Crippen molar-refractivity contribution in [3.63, 3.8) is 0 Å². The van der Waals surface area contributed by atoms with E-state index in [9.17, 15) is 5.11 Å². The van der Waals surface area contributed by atoms with Crippen LogP contribution in [0.15, 0.2) is 11.1 Å². The van der Waals surface area contributed by atoms with Crippen LogP contribution in [0.4, 0.5) is 0 Å². The molecule has 2 nitrogen and oxygen atoms in total. The highest BCUT2D eigenvalue weighted by Crippen LogP contribution is 2.11. The van der Waals surface area contributed by atoms with Crippen LogP contribution in [-0.2, 0) is 0 Å². The van der Waals surface area contributed by atoms with Crippen molar-refractivity contribution in [2.45, 2.75) is 39.7 Å². The minimum absolute atomic E-state index is 0.0995. The van der Waals surface area contributed by atoms with Crippen LogP contribution < -0.4 is 0 Å². The Morgan fingerprint density at radius 3 is 2.18 bits per heavy atom. The summed E-state index contributed by atoms with van der Waals surface area (Å²) in [6.45, 7) is 5.89. The molecule has 0 amide bonds. The van der Waals surface area contributed by atoms with E-state index in [-0.39, 0.29) is 12.7 Å². The molecule has 0 saturated heterocycles. The van der Waals surface area contributed by atoms with Gasteiger partial charge in [0, 0.05) is 0 Å². The summed E-state index contributed by atoms with van der Waals surface area (Å²) in [5.41, 5.74) is 2.07. The van der Waals surface area contributed by atoms with E-state index < -0.39 is 0 Å². The summed E-state index contributed by atoms with van der Waals surface area (Å²) >= 11 is 0. The molecule has 11 heavy (non-hydrogen) atoms. The van der Waals surface area contributed by atoms with Crippen LogP contribution in [0.3, 0.4) is 0 Å². The van der Waals surface area contributed by atoms with Gasteiger partial charge in [0.25, 0.3) is 0 Å². The predicted molar refractivity (Wildman–Crippen MR) is 46.4 cm³/mol. The number of hydrogen-bond acceptors (Lipinski definition) is 2. The SMILES string of the molecule is CCC(O)CC(C)=C(C)CO. The standard InChI is InChI=1S/C9H18O2/c1-4-9(11)5-7(2)8(3)6-10/h9-11H,4-6H2,1-3H3. The lowest BCUT2D eigenvalue weighted by Crippen LogP contribution is -2.06. The zero-order chi connectivity index (χ0) is 8.85. The second-order valence-electron chi connectivity index (χ2n) is 2.98. The van der Waals surface area contributed by atoms with Crippen LogP contribution >= 0.6 is 0 Å². The Balaban J connectivity index is 3.94. The number of aliphatic hydroxyl groups excluding tert-OH is 2. The van der Waals surface area contributed by atoms with Crippen molar-refractivity contribution < 1.29 is 10.2 Å². The summed E-state index contributed by atoms with van der Waals surface area (Å²) in [5, 5.41) is 18.0. The fourth-order valence-electron chi connectivity index (χ4n) is 0.807. The van der Waals surface area contributed by atoms with Gasteiger partial charge < -0.3 is 10.2 Å². The minimum Gasteiger partial charge on any atom is -0.393 e. The molecule has 0 bridgehead atoms. The Morgan fingerprint density at radius 2 is 1.82 bits per heavy atom. The molecule has 0 fully saturated rings. The van der Waals surface area contributed by atoms with Gasteiger partial charge in [0.05, 0.1) is 12.7 Å². The molecule has 1 atom stereocenters. The van der Waals surface area contributed by atoms with Crippen LogP contribution in [0.2, 0.25) is 0 Å². The number of aliphatic hydroxyl groups is 2. The zero-order valence-corrected chi connectivity index (χ0v) is 7.59. The molecule has 2 heteroatoms. The molecule has 1 unspecified atom stereocenters. The van der Waals surface area contributed by atoms with Crippen molar-refractivity contribution in [2.24, 2.45) is 0 Å². The third kappa shape index (κ3) is 4.17. The van der Waals surface area contributed by atoms with E-state index in [1.54, 1.807) is 0 Å². The summed E-state index contributed by atoms with van der Waals surface area (Å²) < 4.78 is 0. The van der Waals surface area contributed by atoms with Gasteiger partial charge in [0.1, 0.15) is 0 Å². The van der Waals surface area contributed by atoms with Gasteiger partial charge >= 0.3 is 0 Å².